The fraction of sp³-hybridized carbons (Fsp3) is 0.846. The molecule has 0 radical (unpaired) electrons. The molecule has 0 aromatic heterocycles. The van der Waals surface area contributed by atoms with E-state index in [1.165, 1.54) is 12.8 Å². The summed E-state index contributed by atoms with van der Waals surface area (Å²) in [7, 11) is -13.2. The van der Waals surface area contributed by atoms with Crippen LogP contribution in [0.3, 0.4) is 0 Å². The molecule has 17 heteroatoms. The van der Waals surface area contributed by atoms with Gasteiger partial charge in [-0.2, -0.15) is 26.3 Å². The molecule has 2 atom stereocenters. The maximum absolute atomic E-state index is 11.5. The number of nitrogens with one attached hydrogen (secondary N) is 1. The summed E-state index contributed by atoms with van der Waals surface area (Å²) in [4.78, 5) is 4.71. The predicted molar refractivity (Wildman–Crippen MR) is 89.2 cm³/mol. The maximum atomic E-state index is 11.5. The van der Waals surface area contributed by atoms with Gasteiger partial charge in [-0.1, -0.05) is 4.13 Å². The summed E-state index contributed by atoms with van der Waals surface area (Å²) in [5.74, 6) is 0. The molecule has 2 fully saturated rings. The lowest BCUT2D eigenvalue weighted by molar-refractivity contribution is -0.0476. The second-order valence-corrected chi connectivity index (χ2v) is 10.1. The van der Waals surface area contributed by atoms with Crippen molar-refractivity contribution < 1.29 is 52.7 Å². The average molecular weight is 491 g/mol. The van der Waals surface area contributed by atoms with Crippen molar-refractivity contribution >= 4 is 20.0 Å². The number of sulfonamides is 2. The summed E-state index contributed by atoms with van der Waals surface area (Å²) >= 11 is 0. The van der Waals surface area contributed by atoms with E-state index >= 15 is 0 Å². The lowest BCUT2D eigenvalue weighted by Gasteiger charge is -2.20. The molecule has 3 heterocycles. The zero-order valence-electron chi connectivity index (χ0n) is 15.2. The van der Waals surface area contributed by atoms with Gasteiger partial charge in [-0.25, -0.2) is 16.8 Å². The van der Waals surface area contributed by atoms with Crippen LogP contribution in [0.25, 0.3) is 0 Å². The van der Waals surface area contributed by atoms with E-state index < -0.39 is 35.2 Å². The molecule has 9 nitrogen and oxygen atoms in total. The van der Waals surface area contributed by atoms with E-state index in [-0.39, 0.29) is 0 Å². The first-order valence-electron chi connectivity index (χ1n) is 8.41. The van der Waals surface area contributed by atoms with Gasteiger partial charge in [-0.15, -0.1) is 0 Å². The van der Waals surface area contributed by atoms with Gasteiger partial charge in [0.05, 0.1) is 32.1 Å². The fourth-order valence-corrected chi connectivity index (χ4v) is 4.05. The van der Waals surface area contributed by atoms with Gasteiger partial charge in [0.2, 0.25) is 0 Å². The molecular weight excluding hydrogens is 472 g/mol. The Morgan fingerprint density at radius 2 is 1.13 bits per heavy atom. The lowest BCUT2D eigenvalue weighted by atomic mass is 10.3. The Hall–Kier alpha value is -1.30. The summed E-state index contributed by atoms with van der Waals surface area (Å²) in [5.41, 5.74) is -12.3. The van der Waals surface area contributed by atoms with E-state index in [1.54, 1.807) is 0 Å². The Bertz CT molecular complexity index is 755. The SMILES string of the molecule is C1=CN(CCC2CO2)CN1CCC1CO1.O=S(=O)(NS(=O)(=O)C(F)(F)F)C(F)(F)F. The van der Waals surface area contributed by atoms with Crippen molar-refractivity contribution in [2.45, 2.75) is 36.1 Å². The minimum atomic E-state index is -6.60. The summed E-state index contributed by atoms with van der Waals surface area (Å²) in [6, 6.07) is 0. The summed E-state index contributed by atoms with van der Waals surface area (Å²) in [5, 5.41) is 0. The first-order chi connectivity index (χ1) is 13.6. The van der Waals surface area contributed by atoms with Crippen LogP contribution in [0, 0.1) is 0 Å². The average Bonchev–Trinajstić information content (AvgIpc) is 3.49. The molecule has 0 aliphatic carbocycles. The fourth-order valence-electron chi connectivity index (χ4n) is 2.13. The van der Waals surface area contributed by atoms with Crippen LogP contribution in [-0.4, -0.2) is 82.8 Å². The highest BCUT2D eigenvalue weighted by molar-refractivity contribution is 8.05. The molecule has 0 aromatic rings. The van der Waals surface area contributed by atoms with Crippen molar-refractivity contribution in [2.75, 3.05) is 33.0 Å². The monoisotopic (exact) mass is 491 g/mol. The van der Waals surface area contributed by atoms with Crippen LogP contribution in [0.5, 0.6) is 0 Å². The number of epoxide rings is 2. The van der Waals surface area contributed by atoms with E-state index in [1.807, 2.05) is 0 Å². The topological polar surface area (TPSA) is 112 Å². The second-order valence-electron chi connectivity index (χ2n) is 6.53. The molecule has 3 aliphatic rings. The highest BCUT2D eigenvalue weighted by atomic mass is 32.3. The molecule has 0 aromatic carbocycles. The smallest absolute Gasteiger partial charge is 0.373 e. The van der Waals surface area contributed by atoms with E-state index in [4.69, 9.17) is 9.47 Å². The van der Waals surface area contributed by atoms with Gasteiger partial charge in [0.25, 0.3) is 0 Å². The zero-order chi connectivity index (χ0) is 22.8. The molecule has 2 unspecified atom stereocenters. The molecule has 0 spiro atoms. The van der Waals surface area contributed by atoms with Gasteiger partial charge in [0, 0.05) is 25.5 Å². The van der Waals surface area contributed by atoms with Gasteiger partial charge in [-0.3, -0.25) is 0 Å². The van der Waals surface area contributed by atoms with Crippen LogP contribution < -0.4 is 4.13 Å². The van der Waals surface area contributed by atoms with Crippen molar-refractivity contribution in [2.24, 2.45) is 0 Å². The Morgan fingerprint density at radius 1 is 0.800 bits per heavy atom. The predicted octanol–water partition coefficient (Wildman–Crippen LogP) is 0.886. The number of ether oxygens (including phenoxy) is 2. The molecule has 3 rings (SSSR count). The largest absolute Gasteiger partial charge is 0.512 e. The van der Waals surface area contributed by atoms with Gasteiger partial charge < -0.3 is 19.3 Å². The molecule has 30 heavy (non-hydrogen) atoms. The maximum Gasteiger partial charge on any atom is 0.512 e. The van der Waals surface area contributed by atoms with Crippen molar-refractivity contribution in [1.29, 1.82) is 0 Å². The molecular formula is C13H19F6N3O6S2. The highest BCUT2D eigenvalue weighted by Crippen LogP contribution is 2.27. The molecule has 176 valence electrons. The Morgan fingerprint density at radius 3 is 1.40 bits per heavy atom. The van der Waals surface area contributed by atoms with Crippen LogP contribution in [0.15, 0.2) is 12.4 Å². The van der Waals surface area contributed by atoms with Gasteiger partial charge in [0.1, 0.15) is 0 Å². The summed E-state index contributed by atoms with van der Waals surface area (Å²) < 4.78 is 119. The van der Waals surface area contributed by atoms with E-state index in [2.05, 4.69) is 22.2 Å². The van der Waals surface area contributed by atoms with Crippen LogP contribution in [-0.2, 0) is 29.5 Å². The van der Waals surface area contributed by atoms with E-state index in [0.717, 1.165) is 33.0 Å². The summed E-state index contributed by atoms with van der Waals surface area (Å²) in [6.07, 6.45) is 7.82. The molecule has 2 saturated heterocycles. The minimum absolute atomic E-state index is 0.493. The van der Waals surface area contributed by atoms with Crippen molar-refractivity contribution in [1.82, 2.24) is 13.9 Å². The van der Waals surface area contributed by atoms with Gasteiger partial charge in [0.15, 0.2) is 0 Å². The number of hydrogen-bond acceptors (Lipinski definition) is 8. The Labute approximate surface area is 168 Å². The molecule has 0 bridgehead atoms. The normalized spacial score (nSPS) is 23.9. The number of alkyl halides is 6. The lowest BCUT2D eigenvalue weighted by Crippen LogP contribution is -2.45. The Balaban J connectivity index is 0.000000214. The third kappa shape index (κ3) is 7.75. The number of nitrogens with zero attached hydrogens (tertiary/aromatic N) is 2. The van der Waals surface area contributed by atoms with E-state index in [0.29, 0.717) is 12.2 Å². The van der Waals surface area contributed by atoms with Crippen LogP contribution in [0.4, 0.5) is 26.3 Å². The molecule has 3 aliphatic heterocycles. The minimum Gasteiger partial charge on any atom is -0.373 e. The van der Waals surface area contributed by atoms with Crippen LogP contribution >= 0.6 is 0 Å². The van der Waals surface area contributed by atoms with E-state index in [9.17, 15) is 43.2 Å². The van der Waals surface area contributed by atoms with Gasteiger partial charge in [-0.05, 0) is 12.8 Å². The highest BCUT2D eigenvalue weighted by Gasteiger charge is 2.55. The van der Waals surface area contributed by atoms with Crippen molar-refractivity contribution in [3.05, 3.63) is 12.4 Å². The number of halogens is 6. The number of rotatable bonds is 8. The zero-order valence-corrected chi connectivity index (χ0v) is 16.8. The molecule has 0 amide bonds. The standard InChI is InChI=1S/C11H18N2O2.C2HF6NO4S2/c1(10-7-14-10)3-12-5-6-13(9-12)4-2-11-8-15-11;3-1(4,5)14(10,11)9-15(12,13)2(6,7)8/h5-6,10-11H,1-4,7-9H2;9H. The Kier molecular flexibility index (Phi) is 7.53. The first-order valence-corrected chi connectivity index (χ1v) is 11.4. The first kappa shape index (κ1) is 25.0. The third-order valence-electron chi connectivity index (χ3n) is 3.96. The third-order valence-corrected chi connectivity index (χ3v) is 6.94. The number of hydrogen-bond donors (Lipinski definition) is 1. The molecule has 1 N–H and O–H groups in total. The second kappa shape index (κ2) is 9.05. The quantitative estimate of drug-likeness (QED) is 0.394. The van der Waals surface area contributed by atoms with Crippen molar-refractivity contribution in [3.8, 4) is 0 Å². The van der Waals surface area contributed by atoms with Crippen LogP contribution in [0.2, 0.25) is 0 Å². The van der Waals surface area contributed by atoms with Gasteiger partial charge >= 0.3 is 31.1 Å². The molecule has 0 saturated carbocycles. The van der Waals surface area contributed by atoms with Crippen molar-refractivity contribution in [3.63, 3.8) is 0 Å². The van der Waals surface area contributed by atoms with Crippen LogP contribution in [0.1, 0.15) is 12.8 Å². The summed E-state index contributed by atoms with van der Waals surface area (Å²) in [6.45, 7) is 5.23.